The number of thiophene rings is 2. The van der Waals surface area contributed by atoms with Gasteiger partial charge in [-0.05, 0) is 25.0 Å². The quantitative estimate of drug-likeness (QED) is 0.622. The van der Waals surface area contributed by atoms with Crippen LogP contribution in [0.3, 0.4) is 0 Å². The number of hydrogen-bond acceptors (Lipinski definition) is 2. The average molecular weight is 220 g/mol. The minimum absolute atomic E-state index is 0.639. The minimum atomic E-state index is 0.639. The van der Waals surface area contributed by atoms with Gasteiger partial charge in [0, 0.05) is 14.3 Å². The fourth-order valence-corrected chi connectivity index (χ4v) is 3.64. The molecule has 0 saturated heterocycles. The predicted octanol–water partition coefficient (Wildman–Crippen LogP) is 4.46. The molecule has 2 rings (SSSR count). The molecule has 2 heterocycles. The second kappa shape index (κ2) is 3.76. The van der Waals surface area contributed by atoms with Crippen molar-refractivity contribution in [3.05, 3.63) is 21.9 Å². The lowest BCUT2D eigenvalue weighted by Crippen LogP contribution is -1.77. The van der Waals surface area contributed by atoms with Crippen LogP contribution in [0.25, 0.3) is 9.40 Å². The summed E-state index contributed by atoms with van der Waals surface area (Å²) in [6, 6.07) is 4.50. The third-order valence-corrected chi connectivity index (χ3v) is 4.55. The summed E-state index contributed by atoms with van der Waals surface area (Å²) < 4.78 is 2.77. The van der Waals surface area contributed by atoms with E-state index >= 15 is 0 Å². The Morgan fingerprint density at radius 3 is 2.43 bits per heavy atom. The molecule has 0 nitrogen and oxygen atoms in total. The monoisotopic (exact) mass is 220 g/mol. The Morgan fingerprint density at radius 1 is 1.14 bits per heavy atom. The fraction of sp³-hybridized carbons (Fsp3) is 0.333. The minimum Gasteiger partial charge on any atom is -0.139 e. The van der Waals surface area contributed by atoms with Crippen LogP contribution in [-0.2, 0) is 0 Å². The molecule has 2 heteroatoms. The molecule has 0 aliphatic rings. The Bertz CT molecular complexity index is 472. The molecule has 0 unspecified atom stereocenters. The Labute approximate surface area is 92.6 Å². The van der Waals surface area contributed by atoms with Crippen LogP contribution in [0.4, 0.5) is 0 Å². The van der Waals surface area contributed by atoms with Crippen molar-refractivity contribution in [1.29, 1.82) is 0 Å². The van der Waals surface area contributed by atoms with Crippen LogP contribution in [0, 0.1) is 11.8 Å². The van der Waals surface area contributed by atoms with Gasteiger partial charge >= 0.3 is 0 Å². The highest BCUT2D eigenvalue weighted by Gasteiger charge is 2.07. The Morgan fingerprint density at radius 2 is 1.86 bits per heavy atom. The molecule has 0 N–H and O–H groups in total. The van der Waals surface area contributed by atoms with Gasteiger partial charge in [0.2, 0.25) is 0 Å². The molecule has 0 aliphatic carbocycles. The van der Waals surface area contributed by atoms with Gasteiger partial charge in [0.05, 0.1) is 4.88 Å². The summed E-state index contributed by atoms with van der Waals surface area (Å²) >= 11 is 3.69. The molecule has 0 aliphatic heterocycles. The lowest BCUT2D eigenvalue weighted by molar-refractivity contribution is 0.891. The predicted molar refractivity (Wildman–Crippen MR) is 66.3 cm³/mol. The maximum absolute atomic E-state index is 3.11. The standard InChI is InChI=1S/C12H12S2/c1-4-5-9-6-11-12(13-9)7-10(14-11)8(2)3/h6-8H,1-3H3. The van der Waals surface area contributed by atoms with Gasteiger partial charge in [0.25, 0.3) is 0 Å². The molecule has 0 atom stereocenters. The van der Waals surface area contributed by atoms with Gasteiger partial charge in [-0.15, -0.1) is 28.6 Å². The van der Waals surface area contributed by atoms with Crippen molar-refractivity contribution in [2.75, 3.05) is 0 Å². The molecule has 72 valence electrons. The highest BCUT2D eigenvalue weighted by Crippen LogP contribution is 2.35. The highest BCUT2D eigenvalue weighted by molar-refractivity contribution is 7.28. The van der Waals surface area contributed by atoms with Gasteiger partial charge < -0.3 is 0 Å². The van der Waals surface area contributed by atoms with E-state index in [9.17, 15) is 0 Å². The van der Waals surface area contributed by atoms with Crippen molar-refractivity contribution in [2.24, 2.45) is 0 Å². The van der Waals surface area contributed by atoms with E-state index in [4.69, 9.17) is 0 Å². The van der Waals surface area contributed by atoms with E-state index in [-0.39, 0.29) is 0 Å². The van der Waals surface area contributed by atoms with Gasteiger partial charge in [-0.2, -0.15) is 0 Å². The Balaban J connectivity index is 2.49. The van der Waals surface area contributed by atoms with Gasteiger partial charge in [-0.25, -0.2) is 0 Å². The van der Waals surface area contributed by atoms with Gasteiger partial charge in [-0.3, -0.25) is 0 Å². The lowest BCUT2D eigenvalue weighted by atomic mass is 10.2. The first-order valence-corrected chi connectivity index (χ1v) is 6.30. The fourth-order valence-electron chi connectivity index (χ4n) is 1.32. The van der Waals surface area contributed by atoms with E-state index in [0.29, 0.717) is 5.92 Å². The van der Waals surface area contributed by atoms with E-state index in [1.807, 2.05) is 18.3 Å². The molecule has 0 fully saturated rings. The lowest BCUT2D eigenvalue weighted by Gasteiger charge is -1.96. The zero-order valence-electron chi connectivity index (χ0n) is 8.55. The zero-order chi connectivity index (χ0) is 10.1. The maximum atomic E-state index is 3.11. The van der Waals surface area contributed by atoms with Crippen LogP contribution < -0.4 is 0 Å². The first kappa shape index (κ1) is 9.76. The summed E-state index contributed by atoms with van der Waals surface area (Å²) in [5, 5.41) is 0. The molecule has 2 aromatic rings. The van der Waals surface area contributed by atoms with E-state index in [0.717, 1.165) is 0 Å². The van der Waals surface area contributed by atoms with Crippen LogP contribution >= 0.6 is 22.7 Å². The van der Waals surface area contributed by atoms with E-state index in [1.165, 1.54) is 19.2 Å². The molecule has 0 saturated carbocycles. The number of rotatable bonds is 1. The molecule has 0 bridgehead atoms. The summed E-state index contributed by atoms with van der Waals surface area (Å²) in [5.41, 5.74) is 0. The number of hydrogen-bond donors (Lipinski definition) is 0. The van der Waals surface area contributed by atoms with E-state index in [2.05, 4.69) is 37.8 Å². The van der Waals surface area contributed by atoms with Gasteiger partial charge in [-0.1, -0.05) is 19.8 Å². The largest absolute Gasteiger partial charge is 0.139 e. The summed E-state index contributed by atoms with van der Waals surface area (Å²) in [5.74, 6) is 6.68. The van der Waals surface area contributed by atoms with E-state index in [1.54, 1.807) is 11.3 Å². The van der Waals surface area contributed by atoms with Crippen LogP contribution in [0.5, 0.6) is 0 Å². The SMILES string of the molecule is CC#Cc1cc2sc(C(C)C)cc2s1. The topological polar surface area (TPSA) is 0 Å². The summed E-state index contributed by atoms with van der Waals surface area (Å²) in [4.78, 5) is 2.66. The molecular formula is C12H12S2. The molecular weight excluding hydrogens is 208 g/mol. The Kier molecular flexibility index (Phi) is 2.62. The average Bonchev–Trinajstić information content (AvgIpc) is 2.61. The van der Waals surface area contributed by atoms with E-state index < -0.39 is 0 Å². The molecule has 14 heavy (non-hydrogen) atoms. The smallest absolute Gasteiger partial charge is 0.0789 e. The van der Waals surface area contributed by atoms with Crippen molar-refractivity contribution >= 4 is 32.1 Å². The number of fused-ring (bicyclic) bond motifs is 1. The van der Waals surface area contributed by atoms with Gasteiger partial charge in [0.1, 0.15) is 0 Å². The zero-order valence-corrected chi connectivity index (χ0v) is 10.2. The maximum Gasteiger partial charge on any atom is 0.0789 e. The van der Waals surface area contributed by atoms with Crippen molar-refractivity contribution in [3.63, 3.8) is 0 Å². The molecule has 0 spiro atoms. The van der Waals surface area contributed by atoms with Crippen molar-refractivity contribution in [3.8, 4) is 11.8 Å². The second-order valence-electron chi connectivity index (χ2n) is 3.52. The third kappa shape index (κ3) is 1.70. The highest BCUT2D eigenvalue weighted by atomic mass is 32.1. The molecule has 0 amide bonds. The van der Waals surface area contributed by atoms with Crippen molar-refractivity contribution in [2.45, 2.75) is 26.7 Å². The molecule has 2 aromatic heterocycles. The van der Waals surface area contributed by atoms with Crippen LogP contribution in [-0.4, -0.2) is 0 Å². The molecule has 0 radical (unpaired) electrons. The first-order chi connectivity index (χ1) is 6.70. The van der Waals surface area contributed by atoms with Crippen molar-refractivity contribution in [1.82, 2.24) is 0 Å². The Hall–Kier alpha value is -0.780. The molecule has 0 aromatic carbocycles. The first-order valence-electron chi connectivity index (χ1n) is 4.66. The third-order valence-electron chi connectivity index (χ3n) is 2.04. The normalized spacial score (nSPS) is 10.6. The van der Waals surface area contributed by atoms with Crippen LogP contribution in [0.15, 0.2) is 12.1 Å². The second-order valence-corrected chi connectivity index (χ2v) is 5.72. The van der Waals surface area contributed by atoms with Crippen molar-refractivity contribution < 1.29 is 0 Å². The van der Waals surface area contributed by atoms with Crippen LogP contribution in [0.2, 0.25) is 0 Å². The van der Waals surface area contributed by atoms with Gasteiger partial charge in [0.15, 0.2) is 0 Å². The summed E-state index contributed by atoms with van der Waals surface area (Å²) in [6.45, 7) is 6.36. The summed E-state index contributed by atoms with van der Waals surface area (Å²) in [7, 11) is 0. The summed E-state index contributed by atoms with van der Waals surface area (Å²) in [6.07, 6.45) is 0. The van der Waals surface area contributed by atoms with Crippen LogP contribution in [0.1, 0.15) is 36.4 Å².